The molecule has 1 fully saturated rings. The van der Waals surface area contributed by atoms with Crippen LogP contribution < -0.4 is 4.90 Å². The molecule has 10 heteroatoms. The fourth-order valence-corrected chi connectivity index (χ4v) is 4.25. The van der Waals surface area contributed by atoms with E-state index in [2.05, 4.69) is 25.8 Å². The van der Waals surface area contributed by atoms with Crippen molar-refractivity contribution in [2.45, 2.75) is 57.0 Å². The van der Waals surface area contributed by atoms with Crippen molar-refractivity contribution >= 4 is 22.7 Å². The molecule has 0 saturated carbocycles. The average Bonchev–Trinajstić information content (AvgIpc) is 2.65. The molecule has 0 N–H and O–H groups in total. The van der Waals surface area contributed by atoms with Gasteiger partial charge in [-0.15, -0.1) is 0 Å². The van der Waals surface area contributed by atoms with Crippen molar-refractivity contribution in [3.8, 4) is 6.07 Å². The van der Waals surface area contributed by atoms with Crippen LogP contribution in [0.2, 0.25) is 0 Å². The first kappa shape index (κ1) is 22.4. The molecule has 3 rings (SSSR count). The van der Waals surface area contributed by atoms with Crippen molar-refractivity contribution in [2.75, 3.05) is 44.4 Å². The highest BCUT2D eigenvalue weighted by Crippen LogP contribution is 2.29. The highest BCUT2D eigenvalue weighted by molar-refractivity contribution is 7.84. The Bertz CT molecular complexity index is 879. The van der Waals surface area contributed by atoms with Gasteiger partial charge in [-0.3, -0.25) is 4.21 Å². The van der Waals surface area contributed by atoms with Crippen LogP contribution in [-0.4, -0.2) is 81.2 Å². The number of nitrogens with zero attached hydrogens (tertiary/aromatic N) is 6. The molecule has 1 aromatic heterocycles. The Hall–Kier alpha value is -2.25. The van der Waals surface area contributed by atoms with Gasteiger partial charge in [-0.1, -0.05) is 0 Å². The number of hydrogen-bond donors (Lipinski definition) is 0. The van der Waals surface area contributed by atoms with Gasteiger partial charge in [-0.25, -0.2) is 14.8 Å². The monoisotopic (exact) mass is 434 g/mol. The SMILES string of the molecule is CN1CCc2c(nc(S(C)=O)nc2N2CCN(C(=O)OC(C)(C)C)[C@@H](CC#N)C2)C1. The van der Waals surface area contributed by atoms with Gasteiger partial charge in [0.05, 0.1) is 35.0 Å². The van der Waals surface area contributed by atoms with E-state index in [4.69, 9.17) is 4.74 Å². The maximum Gasteiger partial charge on any atom is 0.410 e. The van der Waals surface area contributed by atoms with Crippen LogP contribution >= 0.6 is 0 Å². The third-order valence-electron chi connectivity index (χ3n) is 5.21. The second-order valence-electron chi connectivity index (χ2n) is 8.83. The van der Waals surface area contributed by atoms with Crippen LogP contribution in [0.25, 0.3) is 0 Å². The molecular weight excluding hydrogens is 404 g/mol. The van der Waals surface area contributed by atoms with Crippen molar-refractivity contribution in [2.24, 2.45) is 0 Å². The molecule has 1 aromatic rings. The number of ether oxygens (including phenoxy) is 1. The Labute approximate surface area is 180 Å². The summed E-state index contributed by atoms with van der Waals surface area (Å²) in [5, 5.41) is 9.65. The summed E-state index contributed by atoms with van der Waals surface area (Å²) in [5.74, 6) is 0.782. The second kappa shape index (κ2) is 8.86. The Morgan fingerprint density at radius 3 is 2.67 bits per heavy atom. The number of rotatable bonds is 3. The zero-order valence-corrected chi connectivity index (χ0v) is 19.2. The van der Waals surface area contributed by atoms with Crippen molar-refractivity contribution < 1.29 is 13.7 Å². The molecule has 30 heavy (non-hydrogen) atoms. The van der Waals surface area contributed by atoms with Gasteiger partial charge in [0.1, 0.15) is 11.4 Å². The van der Waals surface area contributed by atoms with E-state index in [9.17, 15) is 14.3 Å². The Balaban J connectivity index is 1.89. The minimum atomic E-state index is -1.30. The van der Waals surface area contributed by atoms with E-state index in [-0.39, 0.29) is 12.5 Å². The van der Waals surface area contributed by atoms with E-state index in [0.29, 0.717) is 31.3 Å². The van der Waals surface area contributed by atoms with Crippen LogP contribution in [0.1, 0.15) is 38.4 Å². The number of nitriles is 1. The minimum absolute atomic E-state index is 0.207. The van der Waals surface area contributed by atoms with Gasteiger partial charge < -0.3 is 19.4 Å². The Morgan fingerprint density at radius 2 is 2.03 bits per heavy atom. The first-order valence-corrected chi connectivity index (χ1v) is 11.7. The summed E-state index contributed by atoms with van der Waals surface area (Å²) in [6.07, 6.45) is 2.20. The maximum absolute atomic E-state index is 12.7. The largest absolute Gasteiger partial charge is 0.444 e. The third kappa shape index (κ3) is 5.08. The van der Waals surface area contributed by atoms with Crippen LogP contribution in [0.4, 0.5) is 10.6 Å². The molecule has 2 atom stereocenters. The van der Waals surface area contributed by atoms with Gasteiger partial charge in [-0.2, -0.15) is 5.26 Å². The van der Waals surface area contributed by atoms with Gasteiger partial charge in [0, 0.05) is 44.5 Å². The highest BCUT2D eigenvalue weighted by atomic mass is 32.2. The van der Waals surface area contributed by atoms with Gasteiger partial charge in [0.2, 0.25) is 5.16 Å². The summed E-state index contributed by atoms with van der Waals surface area (Å²) in [5.41, 5.74) is 1.39. The van der Waals surface area contributed by atoms with E-state index < -0.39 is 22.5 Å². The van der Waals surface area contributed by atoms with Crippen molar-refractivity contribution in [1.29, 1.82) is 5.26 Å². The number of hydrogen-bond acceptors (Lipinski definition) is 8. The topological polar surface area (TPSA) is 103 Å². The summed E-state index contributed by atoms with van der Waals surface area (Å²) >= 11 is 0. The van der Waals surface area contributed by atoms with E-state index in [1.807, 2.05) is 27.8 Å². The van der Waals surface area contributed by atoms with Crippen LogP contribution in [0, 0.1) is 11.3 Å². The number of carbonyl (C=O) groups excluding carboxylic acids is 1. The second-order valence-corrected chi connectivity index (χ2v) is 10.1. The molecule has 9 nitrogen and oxygen atoms in total. The molecule has 1 saturated heterocycles. The number of anilines is 1. The predicted octanol–water partition coefficient (Wildman–Crippen LogP) is 1.54. The van der Waals surface area contributed by atoms with Crippen LogP contribution in [0.5, 0.6) is 0 Å². The van der Waals surface area contributed by atoms with Crippen LogP contribution in [0.3, 0.4) is 0 Å². The van der Waals surface area contributed by atoms with E-state index in [0.717, 1.165) is 30.0 Å². The fraction of sp³-hybridized carbons (Fsp3) is 0.700. The van der Waals surface area contributed by atoms with Gasteiger partial charge in [0.15, 0.2) is 0 Å². The van der Waals surface area contributed by atoms with Crippen LogP contribution in [0.15, 0.2) is 5.16 Å². The van der Waals surface area contributed by atoms with Crippen molar-refractivity contribution in [3.63, 3.8) is 0 Å². The summed E-state index contributed by atoms with van der Waals surface area (Å²) in [4.78, 5) is 27.8. The lowest BCUT2D eigenvalue weighted by Crippen LogP contribution is -2.56. The molecule has 1 amide bonds. The maximum atomic E-state index is 12.7. The number of aromatic nitrogens is 2. The quantitative estimate of drug-likeness (QED) is 0.660. The molecule has 1 unspecified atom stereocenters. The number of likely N-dealkylation sites (N-methyl/N-ethyl adjacent to an activating group) is 1. The summed E-state index contributed by atoms with van der Waals surface area (Å²) in [6, 6.07) is 1.89. The fourth-order valence-electron chi connectivity index (χ4n) is 3.80. The molecule has 0 radical (unpaired) electrons. The lowest BCUT2D eigenvalue weighted by atomic mass is 10.0. The average molecular weight is 435 g/mol. The molecule has 164 valence electrons. The van der Waals surface area contributed by atoms with Gasteiger partial charge in [-0.05, 0) is 34.2 Å². The molecular formula is C20H30N6O3S. The van der Waals surface area contributed by atoms with Crippen molar-refractivity contribution in [3.05, 3.63) is 11.3 Å². The lowest BCUT2D eigenvalue weighted by molar-refractivity contribution is 0.0144. The normalized spacial score (nSPS) is 21.0. The zero-order chi connectivity index (χ0) is 22.1. The van der Waals surface area contributed by atoms with Gasteiger partial charge >= 0.3 is 6.09 Å². The first-order valence-electron chi connectivity index (χ1n) is 10.1. The highest BCUT2D eigenvalue weighted by Gasteiger charge is 2.35. The summed E-state index contributed by atoms with van der Waals surface area (Å²) in [7, 11) is 0.742. The number of fused-ring (bicyclic) bond motifs is 1. The number of amides is 1. The van der Waals surface area contributed by atoms with Gasteiger partial charge in [0.25, 0.3) is 0 Å². The molecule has 0 bridgehead atoms. The number of carbonyl (C=O) groups is 1. The molecule has 0 aliphatic carbocycles. The zero-order valence-electron chi connectivity index (χ0n) is 18.3. The van der Waals surface area contributed by atoms with E-state index in [1.165, 1.54) is 0 Å². The smallest absolute Gasteiger partial charge is 0.410 e. The first-order chi connectivity index (χ1) is 14.1. The summed E-state index contributed by atoms with van der Waals surface area (Å²) < 4.78 is 17.7. The summed E-state index contributed by atoms with van der Waals surface area (Å²) in [6.45, 7) is 8.56. The number of piperazine rings is 1. The molecule has 0 aromatic carbocycles. The van der Waals surface area contributed by atoms with Crippen molar-refractivity contribution in [1.82, 2.24) is 19.8 Å². The molecule has 2 aliphatic rings. The van der Waals surface area contributed by atoms with Crippen LogP contribution in [-0.2, 0) is 28.5 Å². The van der Waals surface area contributed by atoms with E-state index in [1.54, 1.807) is 11.2 Å². The predicted molar refractivity (Wildman–Crippen MR) is 114 cm³/mol. The molecule has 3 heterocycles. The molecule has 0 spiro atoms. The van der Waals surface area contributed by atoms with E-state index >= 15 is 0 Å². The molecule has 2 aliphatic heterocycles. The standard InChI is InChI=1S/C20H30N6O3S/c1-20(2,3)29-19(27)26-11-10-25(12-14(26)6-8-21)17-15-7-9-24(4)13-16(15)22-18(23-17)30(5)28/h14H,6-7,9-13H2,1-5H3/t14-,30?/m0/s1. The Kier molecular flexibility index (Phi) is 6.62. The minimum Gasteiger partial charge on any atom is -0.444 e. The third-order valence-corrected chi connectivity index (χ3v) is 5.90. The lowest BCUT2D eigenvalue weighted by Gasteiger charge is -2.42. The Morgan fingerprint density at radius 1 is 1.30 bits per heavy atom.